The molecule has 0 saturated carbocycles. The highest BCUT2D eigenvalue weighted by Crippen LogP contribution is 2.25. The average molecular weight is 339 g/mol. The van der Waals surface area contributed by atoms with E-state index in [1.807, 2.05) is 0 Å². The van der Waals surface area contributed by atoms with Gasteiger partial charge >= 0.3 is 0 Å². The summed E-state index contributed by atoms with van der Waals surface area (Å²) in [5, 5.41) is 4.48. The zero-order chi connectivity index (χ0) is 15.4. The zero-order valence-corrected chi connectivity index (χ0v) is 13.4. The first-order chi connectivity index (χ1) is 10.7. The van der Waals surface area contributed by atoms with Crippen molar-refractivity contribution in [1.82, 2.24) is 15.3 Å². The normalized spacial score (nSPS) is 14.9. The van der Waals surface area contributed by atoms with Crippen LogP contribution < -0.4 is 15.0 Å². The van der Waals surface area contributed by atoms with Gasteiger partial charge in [0.15, 0.2) is 5.75 Å². The first-order valence-corrected chi connectivity index (χ1v) is 7.83. The van der Waals surface area contributed by atoms with Crippen LogP contribution in [0.5, 0.6) is 5.75 Å². The molecular weight excluding hydrogens is 323 g/mol. The van der Waals surface area contributed by atoms with Gasteiger partial charge in [0.05, 0.1) is 12.4 Å². The lowest BCUT2D eigenvalue weighted by Gasteiger charge is -2.27. The molecule has 1 N–H and O–H groups in total. The third-order valence-electron chi connectivity index (χ3n) is 3.46. The van der Waals surface area contributed by atoms with E-state index in [1.165, 1.54) is 0 Å². The highest BCUT2D eigenvalue weighted by molar-refractivity contribution is 6.35. The molecule has 22 heavy (non-hydrogen) atoms. The lowest BCUT2D eigenvalue weighted by atomic mass is 10.2. The van der Waals surface area contributed by atoms with Crippen LogP contribution in [-0.4, -0.2) is 36.1 Å². The van der Waals surface area contributed by atoms with Crippen LogP contribution in [0.3, 0.4) is 0 Å². The molecule has 1 fully saturated rings. The quantitative estimate of drug-likeness (QED) is 0.928. The van der Waals surface area contributed by atoms with Crippen LogP contribution in [0.2, 0.25) is 10.0 Å². The van der Waals surface area contributed by atoms with Gasteiger partial charge in [-0.15, -0.1) is 0 Å². The SMILES string of the molecule is Clc1cccc(Cl)c1COc1cnc(N2CCNCC2)nc1. The average Bonchev–Trinajstić information content (AvgIpc) is 2.56. The molecule has 2 heterocycles. The Kier molecular flexibility index (Phi) is 4.97. The number of halogens is 2. The number of nitrogens with zero attached hydrogens (tertiary/aromatic N) is 3. The van der Waals surface area contributed by atoms with Crippen molar-refractivity contribution >= 4 is 29.2 Å². The van der Waals surface area contributed by atoms with Gasteiger partial charge in [-0.1, -0.05) is 29.3 Å². The Labute approximate surface area is 139 Å². The van der Waals surface area contributed by atoms with Gasteiger partial charge in [-0.3, -0.25) is 0 Å². The van der Waals surface area contributed by atoms with Crippen LogP contribution in [0.1, 0.15) is 5.56 Å². The highest BCUT2D eigenvalue weighted by Gasteiger charge is 2.13. The summed E-state index contributed by atoms with van der Waals surface area (Å²) >= 11 is 12.2. The summed E-state index contributed by atoms with van der Waals surface area (Å²) in [4.78, 5) is 10.9. The Balaban J connectivity index is 1.64. The van der Waals surface area contributed by atoms with Crippen molar-refractivity contribution in [3.05, 3.63) is 46.2 Å². The first-order valence-electron chi connectivity index (χ1n) is 7.07. The molecule has 7 heteroatoms. The molecule has 0 spiro atoms. The fourth-order valence-electron chi connectivity index (χ4n) is 2.24. The number of piperazine rings is 1. The van der Waals surface area contributed by atoms with Crippen LogP contribution >= 0.6 is 23.2 Å². The lowest BCUT2D eigenvalue weighted by Crippen LogP contribution is -2.44. The zero-order valence-electron chi connectivity index (χ0n) is 11.9. The molecular formula is C15H16Cl2N4O. The van der Waals surface area contributed by atoms with Gasteiger partial charge in [0.2, 0.25) is 5.95 Å². The number of nitrogens with one attached hydrogen (secondary N) is 1. The second-order valence-corrected chi connectivity index (χ2v) is 5.76. The molecule has 1 aliphatic heterocycles. The van der Waals surface area contributed by atoms with Gasteiger partial charge in [0.25, 0.3) is 0 Å². The van der Waals surface area contributed by atoms with Crippen molar-refractivity contribution in [2.45, 2.75) is 6.61 Å². The molecule has 1 saturated heterocycles. The van der Waals surface area contributed by atoms with E-state index in [4.69, 9.17) is 27.9 Å². The number of anilines is 1. The number of aromatic nitrogens is 2. The van der Waals surface area contributed by atoms with E-state index >= 15 is 0 Å². The molecule has 0 atom stereocenters. The number of benzene rings is 1. The minimum atomic E-state index is 0.287. The fourth-order valence-corrected chi connectivity index (χ4v) is 2.74. The number of rotatable bonds is 4. The largest absolute Gasteiger partial charge is 0.486 e. The topological polar surface area (TPSA) is 50.3 Å². The monoisotopic (exact) mass is 338 g/mol. The van der Waals surface area contributed by atoms with E-state index in [2.05, 4.69) is 20.2 Å². The Hall–Kier alpha value is -1.56. The lowest BCUT2D eigenvalue weighted by molar-refractivity contribution is 0.303. The standard InChI is InChI=1S/C15H16Cl2N4O/c16-13-2-1-3-14(17)12(13)10-22-11-8-19-15(20-9-11)21-6-4-18-5-7-21/h1-3,8-9,18H,4-7,10H2. The third-order valence-corrected chi connectivity index (χ3v) is 4.17. The fraction of sp³-hybridized carbons (Fsp3) is 0.333. The second kappa shape index (κ2) is 7.13. The molecule has 116 valence electrons. The minimum Gasteiger partial charge on any atom is -0.486 e. The molecule has 1 aromatic carbocycles. The van der Waals surface area contributed by atoms with Crippen molar-refractivity contribution in [3.63, 3.8) is 0 Å². The summed E-state index contributed by atoms with van der Waals surface area (Å²) in [7, 11) is 0. The summed E-state index contributed by atoms with van der Waals surface area (Å²) in [6.45, 7) is 4.01. The van der Waals surface area contributed by atoms with Gasteiger partial charge in [-0.2, -0.15) is 0 Å². The van der Waals surface area contributed by atoms with Crippen molar-refractivity contribution in [2.24, 2.45) is 0 Å². The maximum absolute atomic E-state index is 6.11. The molecule has 2 aromatic rings. The van der Waals surface area contributed by atoms with Crippen LogP contribution in [0, 0.1) is 0 Å². The van der Waals surface area contributed by atoms with Crippen LogP contribution in [-0.2, 0) is 6.61 Å². The Morgan fingerprint density at radius 3 is 2.36 bits per heavy atom. The summed E-state index contributed by atoms with van der Waals surface area (Å²) < 4.78 is 5.67. The van der Waals surface area contributed by atoms with Gasteiger partial charge < -0.3 is 15.0 Å². The summed E-state index contributed by atoms with van der Waals surface area (Å²) in [6.07, 6.45) is 3.35. The number of hydrogen-bond acceptors (Lipinski definition) is 5. The Morgan fingerprint density at radius 2 is 1.73 bits per heavy atom. The van der Waals surface area contributed by atoms with Crippen molar-refractivity contribution in [3.8, 4) is 5.75 Å². The van der Waals surface area contributed by atoms with Gasteiger partial charge in [-0.25, -0.2) is 9.97 Å². The summed E-state index contributed by atoms with van der Waals surface area (Å²) in [5.74, 6) is 1.32. The minimum absolute atomic E-state index is 0.287. The molecule has 0 bridgehead atoms. The van der Waals surface area contributed by atoms with Gasteiger partial charge in [-0.05, 0) is 12.1 Å². The van der Waals surface area contributed by atoms with Crippen LogP contribution in [0.15, 0.2) is 30.6 Å². The van der Waals surface area contributed by atoms with E-state index in [1.54, 1.807) is 30.6 Å². The molecule has 3 rings (SSSR count). The number of ether oxygens (including phenoxy) is 1. The summed E-state index contributed by atoms with van der Waals surface area (Å²) in [5.41, 5.74) is 0.761. The van der Waals surface area contributed by atoms with E-state index in [-0.39, 0.29) is 6.61 Å². The van der Waals surface area contributed by atoms with Crippen molar-refractivity contribution in [2.75, 3.05) is 31.1 Å². The maximum Gasteiger partial charge on any atom is 0.225 e. The molecule has 0 aliphatic carbocycles. The summed E-state index contributed by atoms with van der Waals surface area (Å²) in [6, 6.07) is 5.38. The van der Waals surface area contributed by atoms with Crippen LogP contribution in [0.25, 0.3) is 0 Å². The predicted octanol–water partition coefficient (Wildman–Crippen LogP) is 2.77. The number of hydrogen-bond donors (Lipinski definition) is 1. The van der Waals surface area contributed by atoms with Crippen molar-refractivity contribution in [1.29, 1.82) is 0 Å². The van der Waals surface area contributed by atoms with E-state index in [0.29, 0.717) is 15.8 Å². The molecule has 1 aromatic heterocycles. The maximum atomic E-state index is 6.11. The second-order valence-electron chi connectivity index (χ2n) is 4.94. The Bertz CT molecular complexity index is 610. The Morgan fingerprint density at radius 1 is 1.09 bits per heavy atom. The predicted molar refractivity (Wildman–Crippen MR) is 87.9 cm³/mol. The van der Waals surface area contributed by atoms with Crippen molar-refractivity contribution < 1.29 is 4.74 Å². The molecule has 0 radical (unpaired) electrons. The van der Waals surface area contributed by atoms with E-state index in [0.717, 1.165) is 37.7 Å². The molecule has 0 amide bonds. The molecule has 0 unspecified atom stereocenters. The third kappa shape index (κ3) is 3.61. The molecule has 5 nitrogen and oxygen atoms in total. The van der Waals surface area contributed by atoms with Crippen LogP contribution in [0.4, 0.5) is 5.95 Å². The molecule has 1 aliphatic rings. The van der Waals surface area contributed by atoms with E-state index < -0.39 is 0 Å². The van der Waals surface area contributed by atoms with E-state index in [9.17, 15) is 0 Å². The van der Waals surface area contributed by atoms with Gasteiger partial charge in [0, 0.05) is 41.8 Å². The van der Waals surface area contributed by atoms with Gasteiger partial charge in [0.1, 0.15) is 6.61 Å². The smallest absolute Gasteiger partial charge is 0.225 e. The first kappa shape index (κ1) is 15.3. The highest BCUT2D eigenvalue weighted by atomic mass is 35.5.